The van der Waals surface area contributed by atoms with E-state index >= 15 is 0 Å². The Labute approximate surface area is 90.1 Å². The summed E-state index contributed by atoms with van der Waals surface area (Å²) in [6, 6.07) is 6.66. The minimum Gasteiger partial charge on any atom is -0.464 e. The van der Waals surface area contributed by atoms with Crippen LogP contribution in [0.1, 0.15) is 0 Å². The fraction of sp³-hybridized carbons (Fsp3) is 0. The highest BCUT2D eigenvalue weighted by Crippen LogP contribution is 2.33. The Morgan fingerprint density at radius 3 is 2.19 bits per heavy atom. The van der Waals surface area contributed by atoms with E-state index in [0.717, 1.165) is 0 Å². The van der Waals surface area contributed by atoms with Crippen molar-refractivity contribution in [2.75, 3.05) is 0 Å². The second-order valence-corrected chi connectivity index (χ2v) is 3.25. The molecule has 0 spiro atoms. The van der Waals surface area contributed by atoms with Crippen molar-refractivity contribution < 1.29 is 17.6 Å². The van der Waals surface area contributed by atoms with Crippen molar-refractivity contribution in [2.24, 2.45) is 0 Å². The van der Waals surface area contributed by atoms with Crippen molar-refractivity contribution in [1.29, 1.82) is 0 Å². The van der Waals surface area contributed by atoms with Crippen LogP contribution >= 0.6 is 0 Å². The number of halogens is 1. The van der Waals surface area contributed by atoms with Gasteiger partial charge in [-0.3, -0.25) is 0 Å². The second kappa shape index (κ2) is 3.41. The Morgan fingerprint density at radius 2 is 1.56 bits per heavy atom. The standard InChI is InChI=1S/C12H7FO3/c13-11-8(9-3-1-5-14-9)7-16-12(11)10-4-2-6-15-10/h1-7H. The molecule has 0 saturated heterocycles. The van der Waals surface area contributed by atoms with Crippen LogP contribution in [0.4, 0.5) is 4.39 Å². The molecule has 3 aromatic heterocycles. The minimum absolute atomic E-state index is 0.0800. The van der Waals surface area contributed by atoms with Gasteiger partial charge in [0.2, 0.25) is 5.76 Å². The van der Waals surface area contributed by atoms with Crippen molar-refractivity contribution >= 4 is 0 Å². The molecule has 0 radical (unpaired) electrons. The summed E-state index contributed by atoms with van der Waals surface area (Å²) in [5, 5.41) is 0. The van der Waals surface area contributed by atoms with E-state index in [1.54, 1.807) is 24.3 Å². The van der Waals surface area contributed by atoms with Gasteiger partial charge < -0.3 is 13.3 Å². The molecule has 0 bridgehead atoms. The topological polar surface area (TPSA) is 39.4 Å². The summed E-state index contributed by atoms with van der Waals surface area (Å²) in [4.78, 5) is 0. The summed E-state index contributed by atoms with van der Waals surface area (Å²) in [6.07, 6.45) is 4.25. The molecule has 0 aliphatic carbocycles. The predicted octanol–water partition coefficient (Wildman–Crippen LogP) is 3.94. The van der Waals surface area contributed by atoms with E-state index in [0.29, 0.717) is 11.5 Å². The van der Waals surface area contributed by atoms with Crippen molar-refractivity contribution in [1.82, 2.24) is 0 Å². The van der Waals surface area contributed by atoms with Gasteiger partial charge in [0, 0.05) is 0 Å². The molecule has 3 rings (SSSR count). The van der Waals surface area contributed by atoms with E-state index in [9.17, 15) is 4.39 Å². The summed E-state index contributed by atoms with van der Waals surface area (Å²) in [6.45, 7) is 0. The number of rotatable bonds is 2. The third-order valence-corrected chi connectivity index (χ3v) is 2.26. The smallest absolute Gasteiger partial charge is 0.205 e. The summed E-state index contributed by atoms with van der Waals surface area (Å²) in [5.41, 5.74) is 0.288. The maximum atomic E-state index is 13.9. The highest BCUT2D eigenvalue weighted by Gasteiger charge is 2.19. The first-order chi connectivity index (χ1) is 7.86. The van der Waals surface area contributed by atoms with E-state index in [2.05, 4.69) is 0 Å². The van der Waals surface area contributed by atoms with Gasteiger partial charge in [-0.15, -0.1) is 0 Å². The van der Waals surface area contributed by atoms with Crippen molar-refractivity contribution in [2.45, 2.75) is 0 Å². The molecule has 0 saturated carbocycles. The van der Waals surface area contributed by atoms with Crippen LogP contribution in [0, 0.1) is 5.82 Å². The second-order valence-electron chi connectivity index (χ2n) is 3.25. The molecule has 0 amide bonds. The Kier molecular flexibility index (Phi) is 1.93. The number of hydrogen-bond donors (Lipinski definition) is 0. The van der Waals surface area contributed by atoms with E-state index in [1.807, 2.05) is 0 Å². The van der Waals surface area contributed by atoms with Gasteiger partial charge in [-0.25, -0.2) is 4.39 Å². The molecule has 3 nitrogen and oxygen atoms in total. The van der Waals surface area contributed by atoms with Crippen LogP contribution in [0.2, 0.25) is 0 Å². The highest BCUT2D eigenvalue weighted by molar-refractivity contribution is 5.65. The molecule has 4 heteroatoms. The normalized spacial score (nSPS) is 10.8. The Hall–Kier alpha value is -2.23. The maximum Gasteiger partial charge on any atom is 0.205 e. The zero-order valence-electron chi connectivity index (χ0n) is 8.14. The predicted molar refractivity (Wildman–Crippen MR) is 54.1 cm³/mol. The third-order valence-electron chi connectivity index (χ3n) is 2.26. The summed E-state index contributed by atoms with van der Waals surface area (Å²) >= 11 is 0. The molecule has 0 atom stereocenters. The summed E-state index contributed by atoms with van der Waals surface area (Å²) in [7, 11) is 0. The van der Waals surface area contributed by atoms with Crippen LogP contribution in [-0.2, 0) is 0 Å². The Bertz CT molecular complexity index is 524. The van der Waals surface area contributed by atoms with Gasteiger partial charge >= 0.3 is 0 Å². The van der Waals surface area contributed by atoms with Gasteiger partial charge in [0.05, 0.1) is 18.1 Å². The van der Waals surface area contributed by atoms with Gasteiger partial charge in [0.1, 0.15) is 12.0 Å². The first kappa shape index (κ1) is 9.03. The van der Waals surface area contributed by atoms with Crippen LogP contribution in [0.15, 0.2) is 56.3 Å². The Morgan fingerprint density at radius 1 is 0.875 bits per heavy atom. The lowest BCUT2D eigenvalue weighted by Gasteiger charge is -1.91. The van der Waals surface area contributed by atoms with Crippen molar-refractivity contribution in [3.63, 3.8) is 0 Å². The quantitative estimate of drug-likeness (QED) is 0.654. The zero-order valence-corrected chi connectivity index (χ0v) is 8.14. The van der Waals surface area contributed by atoms with E-state index in [4.69, 9.17) is 13.3 Å². The molecule has 0 fully saturated rings. The molecular weight excluding hydrogens is 211 g/mol. The van der Waals surface area contributed by atoms with Gasteiger partial charge in [-0.1, -0.05) is 0 Å². The first-order valence-electron chi connectivity index (χ1n) is 4.71. The van der Waals surface area contributed by atoms with E-state index in [1.165, 1.54) is 18.8 Å². The summed E-state index contributed by atoms with van der Waals surface area (Å²) in [5.74, 6) is 0.385. The number of furan rings is 3. The molecule has 0 aromatic carbocycles. The van der Waals surface area contributed by atoms with Crippen molar-refractivity contribution in [3.8, 4) is 22.8 Å². The van der Waals surface area contributed by atoms with Crippen LogP contribution in [0.3, 0.4) is 0 Å². The first-order valence-corrected chi connectivity index (χ1v) is 4.71. The monoisotopic (exact) mass is 218 g/mol. The fourth-order valence-electron chi connectivity index (χ4n) is 1.52. The van der Waals surface area contributed by atoms with Crippen molar-refractivity contribution in [3.05, 3.63) is 48.9 Å². The van der Waals surface area contributed by atoms with E-state index < -0.39 is 5.82 Å². The molecule has 0 N–H and O–H groups in total. The van der Waals surface area contributed by atoms with Crippen LogP contribution < -0.4 is 0 Å². The maximum absolute atomic E-state index is 13.9. The fourth-order valence-corrected chi connectivity index (χ4v) is 1.52. The van der Waals surface area contributed by atoms with E-state index in [-0.39, 0.29) is 11.3 Å². The van der Waals surface area contributed by atoms with Gasteiger partial charge in [-0.2, -0.15) is 0 Å². The number of hydrogen-bond acceptors (Lipinski definition) is 3. The molecule has 0 aliphatic rings. The molecule has 3 heterocycles. The lowest BCUT2D eigenvalue weighted by molar-refractivity contribution is 0.503. The lowest BCUT2D eigenvalue weighted by atomic mass is 10.2. The molecule has 16 heavy (non-hydrogen) atoms. The molecule has 3 aromatic rings. The zero-order chi connectivity index (χ0) is 11.0. The average Bonchev–Trinajstić information content (AvgIpc) is 2.96. The highest BCUT2D eigenvalue weighted by atomic mass is 19.1. The molecule has 0 aliphatic heterocycles. The van der Waals surface area contributed by atoms with Crippen LogP contribution in [-0.4, -0.2) is 0 Å². The Balaban J connectivity index is 2.12. The molecular formula is C12H7FO3. The van der Waals surface area contributed by atoms with Gasteiger partial charge in [-0.05, 0) is 24.3 Å². The average molecular weight is 218 g/mol. The lowest BCUT2D eigenvalue weighted by Crippen LogP contribution is -1.77. The largest absolute Gasteiger partial charge is 0.464 e. The SMILES string of the molecule is Fc1c(-c2ccco2)coc1-c1ccco1. The third kappa shape index (κ3) is 1.27. The minimum atomic E-state index is -0.482. The molecule has 0 unspecified atom stereocenters. The van der Waals surface area contributed by atoms with Crippen LogP contribution in [0.5, 0.6) is 0 Å². The van der Waals surface area contributed by atoms with Crippen LogP contribution in [0.25, 0.3) is 22.8 Å². The van der Waals surface area contributed by atoms with Gasteiger partial charge in [0.25, 0.3) is 0 Å². The molecule has 80 valence electrons. The summed E-state index contributed by atoms with van der Waals surface area (Å²) < 4.78 is 29.2. The van der Waals surface area contributed by atoms with Gasteiger partial charge in [0.15, 0.2) is 11.6 Å².